The van der Waals surface area contributed by atoms with Crippen molar-refractivity contribution in [2.45, 2.75) is 38.3 Å². The number of allylic oxidation sites excluding steroid dienone is 3. The second-order valence-electron chi connectivity index (χ2n) is 6.43. The van der Waals surface area contributed by atoms with E-state index in [0.717, 1.165) is 12.1 Å². The van der Waals surface area contributed by atoms with Gasteiger partial charge in [-0.05, 0) is 30.7 Å². The van der Waals surface area contributed by atoms with Crippen molar-refractivity contribution in [3.8, 4) is 5.75 Å². The molecule has 0 aromatic heterocycles. The minimum Gasteiger partial charge on any atom is -0.483 e. The number of hydrogen-bond acceptors (Lipinski definition) is 5. The number of ether oxygens (including phenoxy) is 2. The molecule has 1 heterocycles. The Hall–Kier alpha value is -2.90. The first-order valence-electron chi connectivity index (χ1n) is 8.94. The van der Waals surface area contributed by atoms with E-state index in [1.54, 1.807) is 17.1 Å². The largest absolute Gasteiger partial charge is 0.483 e. The van der Waals surface area contributed by atoms with Gasteiger partial charge in [0.25, 0.3) is 0 Å². The van der Waals surface area contributed by atoms with Crippen LogP contribution < -0.4 is 4.74 Å². The highest BCUT2D eigenvalue weighted by Crippen LogP contribution is 2.32. The highest BCUT2D eigenvalue weighted by atomic mass is 19.1. The van der Waals surface area contributed by atoms with Crippen molar-refractivity contribution in [1.82, 2.24) is 4.90 Å². The second kappa shape index (κ2) is 8.86. The Kier molecular flexibility index (Phi) is 6.28. The van der Waals surface area contributed by atoms with Crippen LogP contribution in [0.3, 0.4) is 0 Å². The van der Waals surface area contributed by atoms with Crippen LogP contribution in [0.5, 0.6) is 5.75 Å². The fourth-order valence-corrected chi connectivity index (χ4v) is 3.22. The van der Waals surface area contributed by atoms with Crippen molar-refractivity contribution in [3.63, 3.8) is 0 Å². The number of nitro groups is 1. The average Bonchev–Trinajstić information content (AvgIpc) is 2.69. The smallest absolute Gasteiger partial charge is 0.415 e. The van der Waals surface area contributed by atoms with Crippen molar-refractivity contribution in [1.29, 1.82) is 0 Å². The van der Waals surface area contributed by atoms with Gasteiger partial charge in [-0.25, -0.2) is 9.18 Å². The van der Waals surface area contributed by atoms with Crippen LogP contribution in [0.25, 0.3) is 0 Å². The summed E-state index contributed by atoms with van der Waals surface area (Å²) in [6.45, 7) is 2.33. The monoisotopic (exact) mass is 386 g/mol. The van der Waals surface area contributed by atoms with Gasteiger partial charge in [0.15, 0.2) is 5.75 Å². The maximum atomic E-state index is 13.3. The molecule has 2 atom stereocenters. The predicted octanol–water partition coefficient (Wildman–Crippen LogP) is 4.11. The highest BCUT2D eigenvalue weighted by molar-refractivity contribution is 5.70. The van der Waals surface area contributed by atoms with Gasteiger partial charge in [-0.15, -0.1) is 0 Å². The van der Waals surface area contributed by atoms with E-state index < -0.39 is 22.5 Å². The van der Waals surface area contributed by atoms with Crippen molar-refractivity contribution < 1.29 is 23.6 Å². The second-order valence-corrected chi connectivity index (χ2v) is 6.43. The van der Waals surface area contributed by atoms with Crippen molar-refractivity contribution in [3.05, 3.63) is 71.0 Å². The molecule has 0 bridgehead atoms. The van der Waals surface area contributed by atoms with E-state index in [1.807, 2.05) is 6.92 Å². The van der Waals surface area contributed by atoms with Crippen molar-refractivity contribution >= 4 is 11.8 Å². The molecular formula is C20H19FN2O5. The molecule has 146 valence electrons. The van der Waals surface area contributed by atoms with Crippen molar-refractivity contribution in [2.24, 2.45) is 0 Å². The molecule has 1 saturated heterocycles. The lowest BCUT2D eigenvalue weighted by Gasteiger charge is -2.38. The maximum absolute atomic E-state index is 13.3. The molecule has 2 unspecified atom stereocenters. The van der Waals surface area contributed by atoms with E-state index in [9.17, 15) is 19.3 Å². The predicted molar refractivity (Wildman–Crippen MR) is 97.7 cm³/mol. The van der Waals surface area contributed by atoms with E-state index in [4.69, 9.17) is 9.47 Å². The van der Waals surface area contributed by atoms with Gasteiger partial charge in [0.05, 0.1) is 11.0 Å². The number of hydrogen-bond donors (Lipinski definition) is 0. The molecule has 3 rings (SSSR count). The Balaban J connectivity index is 1.64. The molecule has 1 amide bonds. The van der Waals surface area contributed by atoms with Crippen LogP contribution in [-0.2, 0) is 4.74 Å². The van der Waals surface area contributed by atoms with Crippen LogP contribution in [0, 0.1) is 28.8 Å². The van der Waals surface area contributed by atoms with Crippen molar-refractivity contribution in [2.75, 3.05) is 6.54 Å². The standard InChI is InChI=1S/C20H19FN2O5/c1-2-15-13-17(27-19-9-8-14(21)12-18(19)23(25)26)10-11-22(15)20(24)28-16-6-4-3-5-7-16/h4,6-9,12,15,17H,2,10-11,13H2,1H3. The van der Waals surface area contributed by atoms with Crippen LogP contribution in [-0.4, -0.2) is 34.6 Å². The molecular weight excluding hydrogens is 367 g/mol. The quantitative estimate of drug-likeness (QED) is 0.562. The Morgan fingerprint density at radius 3 is 2.93 bits per heavy atom. The number of nitrogens with zero attached hydrogens (tertiary/aromatic N) is 2. The minimum absolute atomic E-state index is 0.0263. The summed E-state index contributed by atoms with van der Waals surface area (Å²) < 4.78 is 24.5. The molecule has 1 aromatic carbocycles. The summed E-state index contributed by atoms with van der Waals surface area (Å²) in [5.41, 5.74) is -0.410. The molecule has 1 aliphatic carbocycles. The van der Waals surface area contributed by atoms with Gasteiger partial charge in [0, 0.05) is 38.3 Å². The van der Waals surface area contributed by atoms with Gasteiger partial charge >= 0.3 is 11.8 Å². The fraction of sp³-hybridized carbons (Fsp3) is 0.350. The van der Waals surface area contributed by atoms with Gasteiger partial charge in [0.2, 0.25) is 0 Å². The summed E-state index contributed by atoms with van der Waals surface area (Å²) in [7, 11) is 0. The third-order valence-corrected chi connectivity index (χ3v) is 4.62. The summed E-state index contributed by atoms with van der Waals surface area (Å²) in [5, 5.41) is 11.1. The molecule has 1 fully saturated rings. The molecule has 2 aliphatic rings. The number of nitro benzene ring substituents is 1. The first-order valence-corrected chi connectivity index (χ1v) is 8.94. The Labute approximate surface area is 162 Å². The summed E-state index contributed by atoms with van der Waals surface area (Å²) in [6.07, 6.45) is 11.1. The van der Waals surface area contributed by atoms with Gasteiger partial charge in [0.1, 0.15) is 17.7 Å². The summed E-state index contributed by atoms with van der Waals surface area (Å²) >= 11 is 0. The lowest BCUT2D eigenvalue weighted by atomic mass is 9.97. The number of benzene rings is 1. The minimum atomic E-state index is -0.696. The average molecular weight is 386 g/mol. The van der Waals surface area contributed by atoms with E-state index in [1.165, 1.54) is 12.1 Å². The van der Waals surface area contributed by atoms with Gasteiger partial charge in [-0.3, -0.25) is 10.1 Å². The summed E-state index contributed by atoms with van der Waals surface area (Å²) in [6, 6.07) is 3.09. The molecule has 0 spiro atoms. The Bertz CT molecular complexity index is 808. The Morgan fingerprint density at radius 2 is 2.25 bits per heavy atom. The molecule has 0 saturated carbocycles. The lowest BCUT2D eigenvalue weighted by molar-refractivity contribution is -0.386. The number of carbonyl (C=O) groups excluding carboxylic acids is 1. The number of carbonyl (C=O) groups is 1. The molecule has 28 heavy (non-hydrogen) atoms. The first-order chi connectivity index (χ1) is 13.5. The third kappa shape index (κ3) is 4.68. The molecule has 8 heteroatoms. The number of likely N-dealkylation sites (tertiary alicyclic amines) is 1. The van der Waals surface area contributed by atoms with Crippen LogP contribution in [0.15, 0.2) is 42.2 Å². The van der Waals surface area contributed by atoms with E-state index in [0.29, 0.717) is 31.6 Å². The number of piperidine rings is 1. The van der Waals surface area contributed by atoms with Gasteiger partial charge < -0.3 is 14.4 Å². The topological polar surface area (TPSA) is 81.9 Å². The molecule has 1 aliphatic heterocycles. The number of amides is 1. The zero-order valence-corrected chi connectivity index (χ0v) is 15.3. The van der Waals surface area contributed by atoms with Gasteiger partial charge in [-0.1, -0.05) is 13.0 Å². The fourth-order valence-electron chi connectivity index (χ4n) is 3.22. The summed E-state index contributed by atoms with van der Waals surface area (Å²) in [5.74, 6) is -0.281. The molecule has 4 radical (unpaired) electrons. The number of halogens is 1. The lowest BCUT2D eigenvalue weighted by Crippen LogP contribution is -2.48. The van der Waals surface area contributed by atoms with E-state index >= 15 is 0 Å². The van der Waals surface area contributed by atoms with Crippen LogP contribution in [0.1, 0.15) is 26.2 Å². The first kappa shape index (κ1) is 19.9. The SMILES string of the molecule is CCC1CC(Oc2ccc(F)cc2[N+](=O)[O-])CCN1C(=O)OC1=C[C][C]C=C1. The van der Waals surface area contributed by atoms with Crippen LogP contribution >= 0.6 is 0 Å². The Morgan fingerprint density at radius 1 is 1.43 bits per heavy atom. The number of rotatable bonds is 5. The zero-order valence-electron chi connectivity index (χ0n) is 15.3. The third-order valence-electron chi connectivity index (χ3n) is 4.62. The van der Waals surface area contributed by atoms with E-state index in [-0.39, 0.29) is 17.9 Å². The van der Waals surface area contributed by atoms with Crippen LogP contribution in [0.4, 0.5) is 14.9 Å². The molecule has 7 nitrogen and oxygen atoms in total. The molecule has 0 N–H and O–H groups in total. The zero-order chi connectivity index (χ0) is 20.1. The van der Waals surface area contributed by atoms with E-state index in [2.05, 4.69) is 12.8 Å². The summed E-state index contributed by atoms with van der Waals surface area (Å²) in [4.78, 5) is 24.6. The maximum Gasteiger partial charge on any atom is 0.415 e. The van der Waals surface area contributed by atoms with Crippen LogP contribution in [0.2, 0.25) is 0 Å². The van der Waals surface area contributed by atoms with Gasteiger partial charge in [-0.2, -0.15) is 0 Å². The highest BCUT2D eigenvalue weighted by Gasteiger charge is 2.34. The normalized spacial score (nSPS) is 21.8. The molecule has 1 aromatic rings.